The lowest BCUT2D eigenvalue weighted by atomic mass is 10.3. The highest BCUT2D eigenvalue weighted by Crippen LogP contribution is 2.08. The van der Waals surface area contributed by atoms with Crippen molar-refractivity contribution < 1.29 is 4.79 Å². The number of nitrogens with one attached hydrogen (secondary N) is 2. The van der Waals surface area contributed by atoms with Crippen LogP contribution in [0.1, 0.15) is 30.4 Å². The summed E-state index contributed by atoms with van der Waals surface area (Å²) in [6.45, 7) is 3.99. The molecule has 2 heterocycles. The number of carbonyl (C=O) groups excluding carboxylic acids is 1. The van der Waals surface area contributed by atoms with E-state index >= 15 is 0 Å². The summed E-state index contributed by atoms with van der Waals surface area (Å²) >= 11 is 0. The Morgan fingerprint density at radius 2 is 2.17 bits per heavy atom. The maximum absolute atomic E-state index is 11.8. The molecule has 0 saturated heterocycles. The maximum Gasteiger partial charge on any atom is 0.273 e. The molecule has 0 bridgehead atoms. The van der Waals surface area contributed by atoms with Gasteiger partial charge in [-0.05, 0) is 19.9 Å². The monoisotopic (exact) mass is 246 g/mol. The van der Waals surface area contributed by atoms with Crippen LogP contribution in [0.2, 0.25) is 0 Å². The first kappa shape index (κ1) is 12.1. The molecule has 6 nitrogen and oxygen atoms in total. The fourth-order valence-corrected chi connectivity index (χ4v) is 1.46. The molecule has 18 heavy (non-hydrogen) atoms. The second-order valence-corrected chi connectivity index (χ2v) is 4.16. The van der Waals surface area contributed by atoms with E-state index in [1.165, 1.54) is 18.2 Å². The summed E-state index contributed by atoms with van der Waals surface area (Å²) in [7, 11) is 0. The van der Waals surface area contributed by atoms with Crippen LogP contribution in [0.25, 0.3) is 0 Å². The molecule has 0 fully saturated rings. The molecule has 0 unspecified atom stereocenters. The van der Waals surface area contributed by atoms with Gasteiger partial charge in [0.2, 0.25) is 5.56 Å². The number of carbonyl (C=O) groups is 1. The van der Waals surface area contributed by atoms with Crippen LogP contribution in [0, 0.1) is 0 Å². The minimum absolute atomic E-state index is 0.210. The van der Waals surface area contributed by atoms with Crippen molar-refractivity contribution in [3.05, 3.63) is 46.5 Å². The van der Waals surface area contributed by atoms with E-state index in [1.807, 2.05) is 13.8 Å². The molecule has 0 aliphatic carbocycles. The molecule has 2 rings (SSSR count). The second kappa shape index (κ2) is 4.87. The number of anilines is 1. The van der Waals surface area contributed by atoms with Gasteiger partial charge >= 0.3 is 0 Å². The van der Waals surface area contributed by atoms with E-state index in [2.05, 4.69) is 15.4 Å². The van der Waals surface area contributed by atoms with E-state index in [4.69, 9.17) is 0 Å². The lowest BCUT2D eigenvalue weighted by molar-refractivity contribution is 0.102. The summed E-state index contributed by atoms with van der Waals surface area (Å²) in [4.78, 5) is 25.4. The Kier molecular flexibility index (Phi) is 3.27. The van der Waals surface area contributed by atoms with Crippen LogP contribution in [0.15, 0.2) is 35.3 Å². The Morgan fingerprint density at radius 1 is 1.39 bits per heavy atom. The van der Waals surface area contributed by atoms with Crippen LogP contribution in [-0.2, 0) is 0 Å². The van der Waals surface area contributed by atoms with Gasteiger partial charge in [-0.25, -0.2) is 0 Å². The number of aromatic amines is 1. The Morgan fingerprint density at radius 3 is 2.78 bits per heavy atom. The van der Waals surface area contributed by atoms with Gasteiger partial charge in [-0.2, -0.15) is 5.10 Å². The average molecular weight is 246 g/mol. The summed E-state index contributed by atoms with van der Waals surface area (Å²) in [5.41, 5.74) is -0.100. The second-order valence-electron chi connectivity index (χ2n) is 4.16. The highest BCUT2D eigenvalue weighted by atomic mass is 16.2. The SMILES string of the molecule is CC(C)n1ccc(NC(=O)c2cccc(=O)[nH]2)n1. The summed E-state index contributed by atoms with van der Waals surface area (Å²) in [6.07, 6.45) is 1.79. The summed E-state index contributed by atoms with van der Waals surface area (Å²) in [5.74, 6) is 0.0695. The number of hydrogen-bond donors (Lipinski definition) is 2. The third kappa shape index (κ3) is 2.65. The highest BCUT2D eigenvalue weighted by molar-refractivity contribution is 6.02. The predicted octanol–water partition coefficient (Wildman–Crippen LogP) is 1.40. The Hall–Kier alpha value is -2.37. The first-order valence-corrected chi connectivity index (χ1v) is 5.62. The van der Waals surface area contributed by atoms with Crippen molar-refractivity contribution in [2.24, 2.45) is 0 Å². The Bertz CT molecular complexity index is 612. The lowest BCUT2D eigenvalue weighted by Crippen LogP contribution is -2.18. The zero-order valence-corrected chi connectivity index (χ0v) is 10.2. The van der Waals surface area contributed by atoms with Crippen molar-refractivity contribution in [1.29, 1.82) is 0 Å². The minimum atomic E-state index is -0.387. The Labute approximate surface area is 104 Å². The molecule has 0 aliphatic rings. The number of hydrogen-bond acceptors (Lipinski definition) is 3. The number of H-pyrrole nitrogens is 1. The molecule has 0 saturated carbocycles. The fourth-order valence-electron chi connectivity index (χ4n) is 1.46. The number of pyridine rings is 1. The van der Waals surface area contributed by atoms with E-state index in [0.29, 0.717) is 5.82 Å². The van der Waals surface area contributed by atoms with Crippen molar-refractivity contribution in [3.63, 3.8) is 0 Å². The molecule has 94 valence electrons. The van der Waals surface area contributed by atoms with Crippen molar-refractivity contribution >= 4 is 11.7 Å². The summed E-state index contributed by atoms with van der Waals surface area (Å²) in [5, 5.41) is 6.81. The molecule has 2 aromatic heterocycles. The number of aromatic nitrogens is 3. The van der Waals surface area contributed by atoms with Crippen LogP contribution in [0.4, 0.5) is 5.82 Å². The van der Waals surface area contributed by atoms with Gasteiger partial charge in [0.25, 0.3) is 5.91 Å². The summed E-state index contributed by atoms with van der Waals surface area (Å²) < 4.78 is 1.74. The molecule has 1 amide bonds. The summed E-state index contributed by atoms with van der Waals surface area (Å²) in [6, 6.07) is 6.35. The highest BCUT2D eigenvalue weighted by Gasteiger charge is 2.09. The average Bonchev–Trinajstić information content (AvgIpc) is 2.77. The fraction of sp³-hybridized carbons (Fsp3) is 0.250. The van der Waals surface area contributed by atoms with Gasteiger partial charge in [-0.15, -0.1) is 0 Å². The molecule has 0 atom stereocenters. The molecule has 2 aromatic rings. The quantitative estimate of drug-likeness (QED) is 0.859. The number of amides is 1. The minimum Gasteiger partial charge on any atom is -0.318 e. The standard InChI is InChI=1S/C12H14N4O2/c1-8(2)16-7-6-10(15-16)14-12(18)9-4-3-5-11(17)13-9/h3-8H,1-2H3,(H,13,17)(H,14,15,18). The molecule has 0 aliphatic heterocycles. The van der Waals surface area contributed by atoms with E-state index in [1.54, 1.807) is 16.9 Å². The van der Waals surface area contributed by atoms with Crippen LogP contribution in [0.3, 0.4) is 0 Å². The molecule has 2 N–H and O–H groups in total. The van der Waals surface area contributed by atoms with Crippen molar-refractivity contribution in [3.8, 4) is 0 Å². The van der Waals surface area contributed by atoms with E-state index in [-0.39, 0.29) is 23.2 Å². The van der Waals surface area contributed by atoms with E-state index in [0.717, 1.165) is 0 Å². The van der Waals surface area contributed by atoms with Gasteiger partial charge in [0.15, 0.2) is 5.82 Å². The molecular formula is C12H14N4O2. The van der Waals surface area contributed by atoms with Crippen LogP contribution in [0.5, 0.6) is 0 Å². The van der Waals surface area contributed by atoms with Crippen LogP contribution < -0.4 is 10.9 Å². The Balaban J connectivity index is 2.13. The number of rotatable bonds is 3. The van der Waals surface area contributed by atoms with E-state index < -0.39 is 0 Å². The van der Waals surface area contributed by atoms with Gasteiger partial charge in [-0.3, -0.25) is 14.3 Å². The van der Waals surface area contributed by atoms with Crippen molar-refractivity contribution in [2.75, 3.05) is 5.32 Å². The zero-order valence-electron chi connectivity index (χ0n) is 10.2. The third-order valence-electron chi connectivity index (χ3n) is 2.39. The van der Waals surface area contributed by atoms with Gasteiger partial charge < -0.3 is 10.3 Å². The molecule has 0 radical (unpaired) electrons. The van der Waals surface area contributed by atoms with Gasteiger partial charge in [0, 0.05) is 24.4 Å². The van der Waals surface area contributed by atoms with Crippen molar-refractivity contribution in [2.45, 2.75) is 19.9 Å². The lowest BCUT2D eigenvalue weighted by Gasteiger charge is -2.04. The number of nitrogens with zero attached hydrogens (tertiary/aromatic N) is 2. The maximum atomic E-state index is 11.8. The zero-order chi connectivity index (χ0) is 13.1. The predicted molar refractivity (Wildman–Crippen MR) is 67.6 cm³/mol. The van der Waals surface area contributed by atoms with Gasteiger partial charge in [0.1, 0.15) is 5.69 Å². The molecule has 6 heteroatoms. The van der Waals surface area contributed by atoms with Crippen molar-refractivity contribution in [1.82, 2.24) is 14.8 Å². The molecular weight excluding hydrogens is 232 g/mol. The molecule has 0 spiro atoms. The first-order valence-electron chi connectivity index (χ1n) is 5.62. The largest absolute Gasteiger partial charge is 0.318 e. The van der Waals surface area contributed by atoms with Crippen LogP contribution >= 0.6 is 0 Å². The smallest absolute Gasteiger partial charge is 0.273 e. The van der Waals surface area contributed by atoms with Gasteiger partial charge in [0.05, 0.1) is 0 Å². The molecule has 0 aromatic carbocycles. The van der Waals surface area contributed by atoms with Crippen LogP contribution in [-0.4, -0.2) is 20.7 Å². The first-order chi connectivity index (χ1) is 8.56. The normalized spacial score (nSPS) is 10.6. The third-order valence-corrected chi connectivity index (χ3v) is 2.39. The topological polar surface area (TPSA) is 79.8 Å². The van der Waals surface area contributed by atoms with E-state index in [9.17, 15) is 9.59 Å². The van der Waals surface area contributed by atoms with Gasteiger partial charge in [-0.1, -0.05) is 6.07 Å².